The van der Waals surface area contributed by atoms with Gasteiger partial charge in [0.15, 0.2) is 11.6 Å². The Morgan fingerprint density at radius 1 is 1.09 bits per heavy atom. The summed E-state index contributed by atoms with van der Waals surface area (Å²) in [5.74, 6) is 0.523. The van der Waals surface area contributed by atoms with Crippen LogP contribution < -0.4 is 15.5 Å². The highest BCUT2D eigenvalue weighted by atomic mass is 32.2. The van der Waals surface area contributed by atoms with Crippen LogP contribution in [0.5, 0.6) is 0 Å². The molecule has 17 nitrogen and oxygen atoms in total. The predicted molar refractivity (Wildman–Crippen MR) is 200 cm³/mol. The van der Waals surface area contributed by atoms with Crippen LogP contribution in [0.2, 0.25) is 0 Å². The summed E-state index contributed by atoms with van der Waals surface area (Å²) in [6, 6.07) is 6.41. The molecule has 3 aliphatic heterocycles. The first-order valence-electron chi connectivity index (χ1n) is 18.0. The molecule has 3 amide bonds. The molecule has 0 radical (unpaired) electrons. The van der Waals surface area contributed by atoms with Gasteiger partial charge >= 0.3 is 0 Å². The molecule has 7 heterocycles. The largest absolute Gasteiger partial charge is 0.354 e. The van der Waals surface area contributed by atoms with E-state index < -0.39 is 34.9 Å². The molecule has 19 heteroatoms. The van der Waals surface area contributed by atoms with Crippen LogP contribution in [-0.2, 0) is 33.9 Å². The summed E-state index contributed by atoms with van der Waals surface area (Å²) in [6.45, 7) is 5.99. The number of hydrogen-bond donors (Lipinski definition) is 3. The summed E-state index contributed by atoms with van der Waals surface area (Å²) >= 11 is -2.28. The molecule has 5 aromatic rings. The lowest BCUT2D eigenvalue weighted by molar-refractivity contribution is -0.136. The maximum absolute atomic E-state index is 15.9. The van der Waals surface area contributed by atoms with Crippen LogP contribution >= 0.6 is 0 Å². The van der Waals surface area contributed by atoms with Crippen molar-refractivity contribution in [3.63, 3.8) is 0 Å². The SMILES string of the molecule is CC(C)n1nc(N2CCC(N(C)Cc3ccc4c(c3F)CN(C3CCC(=O)NC3=O)C4=O)CC2)c2cnc(Nc3ccnc(-c4cnn(S(=O)O)c4)n3)cc21. The third-order valence-electron chi connectivity index (χ3n) is 10.5. The Morgan fingerprint density at radius 2 is 1.89 bits per heavy atom. The number of aromatic nitrogens is 7. The first-order valence-corrected chi connectivity index (χ1v) is 19.1. The molecule has 286 valence electrons. The van der Waals surface area contributed by atoms with E-state index in [0.717, 1.165) is 46.7 Å². The second kappa shape index (κ2) is 14.5. The number of rotatable bonds is 10. The van der Waals surface area contributed by atoms with Crippen molar-refractivity contribution in [3.05, 3.63) is 71.6 Å². The van der Waals surface area contributed by atoms with Crippen LogP contribution in [0.3, 0.4) is 0 Å². The fourth-order valence-corrected chi connectivity index (χ4v) is 7.94. The molecule has 0 bridgehead atoms. The van der Waals surface area contributed by atoms with Crippen LogP contribution in [0.25, 0.3) is 22.3 Å². The van der Waals surface area contributed by atoms with Crippen molar-refractivity contribution < 1.29 is 27.5 Å². The average Bonchev–Trinajstić information content (AvgIpc) is 3.90. The van der Waals surface area contributed by atoms with Gasteiger partial charge in [-0.05, 0) is 52.3 Å². The molecule has 1 aromatic carbocycles. The number of imide groups is 1. The van der Waals surface area contributed by atoms with Crippen LogP contribution in [0.4, 0.5) is 21.8 Å². The molecular weight excluding hydrogens is 732 g/mol. The monoisotopic (exact) mass is 770 g/mol. The molecular formula is C36H39FN12O5S. The second-order valence-corrected chi connectivity index (χ2v) is 15.1. The van der Waals surface area contributed by atoms with Crippen LogP contribution in [0, 0.1) is 5.82 Å². The molecule has 2 unspecified atom stereocenters. The second-order valence-electron chi connectivity index (χ2n) is 14.3. The Kier molecular flexibility index (Phi) is 9.60. The lowest BCUT2D eigenvalue weighted by atomic mass is 10.0. The van der Waals surface area contributed by atoms with Crippen molar-refractivity contribution in [1.82, 2.24) is 49.0 Å². The summed E-state index contributed by atoms with van der Waals surface area (Å²) < 4.78 is 39.5. The van der Waals surface area contributed by atoms with Crippen LogP contribution in [-0.4, -0.2) is 102 Å². The normalized spacial score (nSPS) is 18.5. The number of pyridine rings is 1. The Morgan fingerprint density at radius 3 is 2.62 bits per heavy atom. The molecule has 55 heavy (non-hydrogen) atoms. The van der Waals surface area contributed by atoms with Crippen molar-refractivity contribution in [2.24, 2.45) is 0 Å². The van der Waals surface area contributed by atoms with Crippen molar-refractivity contribution in [1.29, 1.82) is 0 Å². The topological polar surface area (TPSA) is 197 Å². The number of hydrogen-bond acceptors (Lipinski definition) is 12. The van der Waals surface area contributed by atoms with Crippen molar-refractivity contribution in [3.8, 4) is 11.4 Å². The number of fused-ring (bicyclic) bond motifs is 2. The highest BCUT2D eigenvalue weighted by molar-refractivity contribution is 7.77. The average molecular weight is 771 g/mol. The van der Waals surface area contributed by atoms with Crippen molar-refractivity contribution in [2.75, 3.05) is 30.4 Å². The van der Waals surface area contributed by atoms with Gasteiger partial charge in [-0.25, -0.2) is 23.6 Å². The van der Waals surface area contributed by atoms with Gasteiger partial charge in [-0.3, -0.25) is 33.8 Å². The lowest BCUT2D eigenvalue weighted by Gasteiger charge is -2.37. The number of amides is 3. The van der Waals surface area contributed by atoms with Gasteiger partial charge in [0.2, 0.25) is 11.8 Å². The number of carbonyl (C=O) groups excluding carboxylic acids is 3. The van der Waals surface area contributed by atoms with Gasteiger partial charge in [0, 0.05) is 73.3 Å². The highest BCUT2D eigenvalue weighted by Crippen LogP contribution is 2.34. The minimum atomic E-state index is -2.28. The van der Waals surface area contributed by atoms with Gasteiger partial charge in [-0.1, -0.05) is 6.07 Å². The van der Waals surface area contributed by atoms with E-state index in [0.29, 0.717) is 40.7 Å². The zero-order valence-corrected chi connectivity index (χ0v) is 31.2. The Bertz CT molecular complexity index is 2360. The van der Waals surface area contributed by atoms with Crippen LogP contribution in [0.1, 0.15) is 67.1 Å². The zero-order valence-electron chi connectivity index (χ0n) is 30.3. The number of piperidine rings is 2. The van der Waals surface area contributed by atoms with E-state index in [1.54, 1.807) is 24.4 Å². The van der Waals surface area contributed by atoms with E-state index >= 15 is 4.39 Å². The maximum atomic E-state index is 15.9. The number of nitrogens with one attached hydrogen (secondary N) is 2. The molecule has 3 N–H and O–H groups in total. The smallest absolute Gasteiger partial charge is 0.282 e. The number of nitrogens with zero attached hydrogens (tertiary/aromatic N) is 10. The molecule has 2 atom stereocenters. The number of halogens is 1. The first kappa shape index (κ1) is 36.3. The van der Waals surface area contributed by atoms with Gasteiger partial charge in [0.1, 0.15) is 23.5 Å². The highest BCUT2D eigenvalue weighted by Gasteiger charge is 2.40. The molecule has 8 rings (SSSR count). The molecule has 2 fully saturated rings. The van der Waals surface area contributed by atoms with Gasteiger partial charge in [0.05, 0.1) is 35.4 Å². The van der Waals surface area contributed by atoms with Crippen molar-refractivity contribution in [2.45, 2.75) is 70.7 Å². The van der Waals surface area contributed by atoms with E-state index in [4.69, 9.17) is 5.10 Å². The third-order valence-corrected chi connectivity index (χ3v) is 11.0. The number of anilines is 3. The maximum Gasteiger partial charge on any atom is 0.282 e. The van der Waals surface area contributed by atoms with E-state index in [-0.39, 0.29) is 42.9 Å². The Balaban J connectivity index is 0.931. The summed E-state index contributed by atoms with van der Waals surface area (Å²) in [4.78, 5) is 56.5. The van der Waals surface area contributed by atoms with Gasteiger partial charge in [-0.2, -0.15) is 14.3 Å². The van der Waals surface area contributed by atoms with E-state index in [1.807, 2.05) is 24.0 Å². The fraction of sp³-hybridized carbons (Fsp3) is 0.389. The van der Waals surface area contributed by atoms with Crippen molar-refractivity contribution >= 4 is 57.3 Å². The number of benzene rings is 1. The molecule has 0 aliphatic carbocycles. The zero-order chi connectivity index (χ0) is 38.5. The van der Waals surface area contributed by atoms with Gasteiger partial charge in [0.25, 0.3) is 17.2 Å². The minimum Gasteiger partial charge on any atom is -0.354 e. The molecule has 0 spiro atoms. The Hall–Kier alpha value is -5.66. The predicted octanol–water partition coefficient (Wildman–Crippen LogP) is 3.40. The fourth-order valence-electron chi connectivity index (χ4n) is 7.61. The van der Waals surface area contributed by atoms with E-state index in [1.165, 1.54) is 17.3 Å². The lowest BCUT2D eigenvalue weighted by Crippen LogP contribution is -2.52. The third kappa shape index (κ3) is 6.94. The summed E-state index contributed by atoms with van der Waals surface area (Å²) in [5.41, 5.74) is 2.44. The summed E-state index contributed by atoms with van der Waals surface area (Å²) in [7, 11) is 1.99. The number of carbonyl (C=O) groups is 3. The summed E-state index contributed by atoms with van der Waals surface area (Å²) in [6.07, 6.45) is 8.22. The standard InChI is InChI=1S/C36H39FN12O5S/c1-20(2)49-28-14-30(41-29-8-11-38-33(42-29)22-15-40-48(18-22)55(53)54)39-16-25(28)34(44-49)46-12-9-23(10-13-46)45(3)17-21-4-5-24-26(32(21)37)19-47(36(24)52)27-6-7-31(50)43-35(27)51/h4-5,8,11,14-16,18,20,23,27H,6-7,9-10,12-13,17,19H2,1-3H3,(H,53,54)(H,43,50,51)(H,38,39,41,42). The van der Waals surface area contributed by atoms with Crippen LogP contribution in [0.15, 0.2) is 49.1 Å². The summed E-state index contributed by atoms with van der Waals surface area (Å²) in [5, 5.41) is 15.3. The first-order chi connectivity index (χ1) is 26.4. The van der Waals surface area contributed by atoms with Gasteiger partial charge in [-0.15, -0.1) is 0 Å². The molecule has 3 aliphatic rings. The van der Waals surface area contributed by atoms with E-state index in [9.17, 15) is 23.1 Å². The molecule has 4 aromatic heterocycles. The van der Waals surface area contributed by atoms with E-state index in [2.05, 4.69) is 54.3 Å². The van der Waals surface area contributed by atoms with Gasteiger partial charge < -0.3 is 15.1 Å². The minimum absolute atomic E-state index is 0.00265. The Labute approximate surface area is 317 Å². The molecule has 2 saturated heterocycles. The quantitative estimate of drug-likeness (QED) is 0.138. The molecule has 0 saturated carbocycles.